The molecule has 2 atom stereocenters. The normalized spacial score (nSPS) is 25.5. The number of carboxylic acids is 1. The molecule has 0 bridgehead atoms. The fourth-order valence-corrected chi connectivity index (χ4v) is 4.76. The van der Waals surface area contributed by atoms with Crippen molar-refractivity contribution in [1.29, 1.82) is 0 Å². The summed E-state index contributed by atoms with van der Waals surface area (Å²) in [7, 11) is 1.91. The van der Waals surface area contributed by atoms with Gasteiger partial charge in [0.15, 0.2) is 0 Å². The Morgan fingerprint density at radius 2 is 2.04 bits per heavy atom. The van der Waals surface area contributed by atoms with Gasteiger partial charge in [0.05, 0.1) is 5.41 Å². The summed E-state index contributed by atoms with van der Waals surface area (Å²) in [6.07, 6.45) is 3.19. The number of hydrogen-bond acceptors (Lipinski definition) is 5. The summed E-state index contributed by atoms with van der Waals surface area (Å²) in [5, 5.41) is 9.88. The Balaban J connectivity index is 1.68. The van der Waals surface area contributed by atoms with Crippen LogP contribution in [0.4, 0.5) is 0 Å². The zero-order valence-electron chi connectivity index (χ0n) is 16.1. The third kappa shape index (κ3) is 2.71. The second-order valence-corrected chi connectivity index (χ2v) is 7.90. The monoisotopic (exact) mass is 384 g/mol. The van der Waals surface area contributed by atoms with Crippen LogP contribution in [-0.2, 0) is 4.79 Å². The number of hydrogen-bond donors (Lipinski definition) is 1. The first kappa shape index (κ1) is 18.6. The Morgan fingerprint density at radius 1 is 1.25 bits per heavy atom. The van der Waals surface area contributed by atoms with E-state index in [1.807, 2.05) is 18.0 Å². The van der Waals surface area contributed by atoms with E-state index in [0.29, 0.717) is 37.3 Å². The first-order chi connectivity index (χ1) is 13.3. The lowest BCUT2D eigenvalue weighted by atomic mass is 9.68. The number of fused-ring (bicyclic) bond motifs is 2. The van der Waals surface area contributed by atoms with E-state index in [-0.39, 0.29) is 23.1 Å². The summed E-state index contributed by atoms with van der Waals surface area (Å²) < 4.78 is 1.44. The minimum Gasteiger partial charge on any atom is -0.481 e. The second kappa shape index (κ2) is 6.70. The van der Waals surface area contributed by atoms with Gasteiger partial charge in [-0.3, -0.25) is 18.8 Å². The average molecular weight is 384 g/mol. The lowest BCUT2D eigenvalue weighted by Gasteiger charge is -2.51. The maximum atomic E-state index is 13.1. The van der Waals surface area contributed by atoms with E-state index >= 15 is 0 Å². The molecule has 2 aliphatic heterocycles. The molecule has 2 aromatic rings. The van der Waals surface area contributed by atoms with Crippen LogP contribution < -0.4 is 5.56 Å². The van der Waals surface area contributed by atoms with Crippen LogP contribution in [0, 0.1) is 12.3 Å². The van der Waals surface area contributed by atoms with Gasteiger partial charge in [0, 0.05) is 31.0 Å². The molecule has 1 N–H and O–H groups in total. The first-order valence-corrected chi connectivity index (χ1v) is 9.55. The van der Waals surface area contributed by atoms with Crippen LogP contribution >= 0.6 is 0 Å². The number of carboxylic acid groups (broad SMARTS) is 1. The molecule has 2 fully saturated rings. The van der Waals surface area contributed by atoms with E-state index in [2.05, 4.69) is 4.98 Å². The standard InChI is InChI=1S/C20H24N4O4/c1-13-5-3-6-16-21-11-14(18(26)24(13)16)17(25)23-10-8-20(19(27)28)7-4-9-22(2)15(20)12-23/h3,5-6,11,15H,4,7-10,12H2,1-2H3,(H,27,28)/t15-,20+/m1/s1. The number of aliphatic carboxylic acids is 1. The van der Waals surface area contributed by atoms with Crippen LogP contribution in [0.25, 0.3) is 5.65 Å². The molecule has 0 aliphatic carbocycles. The van der Waals surface area contributed by atoms with Gasteiger partial charge in [-0.25, -0.2) is 4.98 Å². The number of aromatic nitrogens is 2. The van der Waals surface area contributed by atoms with Crippen molar-refractivity contribution in [2.75, 3.05) is 26.7 Å². The molecule has 0 radical (unpaired) electrons. The number of nitrogens with zero attached hydrogens (tertiary/aromatic N) is 4. The molecule has 8 nitrogen and oxygen atoms in total. The lowest BCUT2D eigenvalue weighted by Crippen LogP contribution is -2.63. The molecule has 8 heteroatoms. The molecule has 0 aromatic carbocycles. The zero-order valence-corrected chi connectivity index (χ0v) is 16.1. The van der Waals surface area contributed by atoms with E-state index in [1.54, 1.807) is 24.0 Å². The van der Waals surface area contributed by atoms with Crippen molar-refractivity contribution in [2.45, 2.75) is 32.2 Å². The fourth-order valence-electron chi connectivity index (χ4n) is 4.76. The molecule has 1 amide bonds. The van der Waals surface area contributed by atoms with Crippen molar-refractivity contribution in [2.24, 2.45) is 5.41 Å². The Bertz CT molecular complexity index is 1020. The van der Waals surface area contributed by atoms with Gasteiger partial charge < -0.3 is 14.9 Å². The minimum absolute atomic E-state index is 0.0214. The first-order valence-electron chi connectivity index (χ1n) is 9.55. The molecule has 2 aliphatic rings. The molecule has 0 saturated carbocycles. The molecular weight excluding hydrogens is 360 g/mol. The van der Waals surface area contributed by atoms with E-state index in [4.69, 9.17) is 0 Å². The molecule has 0 spiro atoms. The summed E-state index contributed by atoms with van der Waals surface area (Å²) in [5.41, 5.74) is 0.0161. The number of aryl methyl sites for hydroxylation is 1. The maximum Gasteiger partial charge on any atom is 0.311 e. The number of pyridine rings is 1. The van der Waals surface area contributed by atoms with Gasteiger partial charge in [-0.1, -0.05) is 6.07 Å². The van der Waals surface area contributed by atoms with Gasteiger partial charge >= 0.3 is 5.97 Å². The van der Waals surface area contributed by atoms with E-state index in [0.717, 1.165) is 13.0 Å². The number of likely N-dealkylation sites (tertiary alicyclic amines) is 2. The van der Waals surface area contributed by atoms with Crippen molar-refractivity contribution >= 4 is 17.5 Å². The molecule has 28 heavy (non-hydrogen) atoms. The van der Waals surface area contributed by atoms with E-state index in [1.165, 1.54) is 10.6 Å². The predicted octanol–water partition coefficient (Wildman–Crippen LogP) is 1.01. The Labute approximate surface area is 162 Å². The van der Waals surface area contributed by atoms with Gasteiger partial charge in [0.25, 0.3) is 11.5 Å². The van der Waals surface area contributed by atoms with Crippen molar-refractivity contribution < 1.29 is 14.7 Å². The Morgan fingerprint density at radius 3 is 2.79 bits per heavy atom. The number of rotatable bonds is 2. The highest BCUT2D eigenvalue weighted by Gasteiger charge is 2.53. The quantitative estimate of drug-likeness (QED) is 0.831. The van der Waals surface area contributed by atoms with Crippen LogP contribution in [0.15, 0.2) is 29.2 Å². The highest BCUT2D eigenvalue weighted by atomic mass is 16.4. The second-order valence-electron chi connectivity index (χ2n) is 7.90. The smallest absolute Gasteiger partial charge is 0.311 e. The van der Waals surface area contributed by atoms with Crippen LogP contribution in [0.5, 0.6) is 0 Å². The summed E-state index contributed by atoms with van der Waals surface area (Å²) in [6, 6.07) is 5.08. The number of piperidine rings is 2. The third-order valence-electron chi connectivity index (χ3n) is 6.39. The predicted molar refractivity (Wildman–Crippen MR) is 102 cm³/mol. The van der Waals surface area contributed by atoms with Crippen LogP contribution in [0.1, 0.15) is 35.3 Å². The minimum atomic E-state index is -0.822. The summed E-state index contributed by atoms with van der Waals surface area (Å²) in [6.45, 7) is 3.23. The zero-order chi connectivity index (χ0) is 20.1. The van der Waals surface area contributed by atoms with Crippen LogP contribution in [-0.4, -0.2) is 68.9 Å². The largest absolute Gasteiger partial charge is 0.481 e. The van der Waals surface area contributed by atoms with Gasteiger partial charge in [0.1, 0.15) is 11.2 Å². The molecule has 0 unspecified atom stereocenters. The van der Waals surface area contributed by atoms with Gasteiger partial charge in [-0.2, -0.15) is 0 Å². The number of likely N-dealkylation sites (N-methyl/N-ethyl adjacent to an activating group) is 1. The molecule has 4 rings (SSSR count). The topological polar surface area (TPSA) is 95.2 Å². The average Bonchev–Trinajstić information content (AvgIpc) is 2.67. The van der Waals surface area contributed by atoms with Crippen molar-refractivity contribution in [3.05, 3.63) is 46.0 Å². The lowest BCUT2D eigenvalue weighted by molar-refractivity contribution is -0.161. The maximum absolute atomic E-state index is 13.1. The SMILES string of the molecule is Cc1cccc2ncc(C(=O)N3CC[C@@]4(C(=O)O)CCCN(C)[C@@H]4C3)c(=O)n12. The van der Waals surface area contributed by atoms with Gasteiger partial charge in [-0.15, -0.1) is 0 Å². The molecule has 4 heterocycles. The molecular formula is C20H24N4O4. The van der Waals surface area contributed by atoms with Crippen molar-refractivity contribution in [3.8, 4) is 0 Å². The van der Waals surface area contributed by atoms with Crippen LogP contribution in [0.2, 0.25) is 0 Å². The highest BCUT2D eigenvalue weighted by Crippen LogP contribution is 2.42. The van der Waals surface area contributed by atoms with E-state index < -0.39 is 11.4 Å². The van der Waals surface area contributed by atoms with Crippen LogP contribution in [0.3, 0.4) is 0 Å². The number of carbonyl (C=O) groups excluding carboxylic acids is 1. The summed E-state index contributed by atoms with van der Waals surface area (Å²) in [5.74, 6) is -1.17. The summed E-state index contributed by atoms with van der Waals surface area (Å²) in [4.78, 5) is 46.0. The van der Waals surface area contributed by atoms with E-state index in [9.17, 15) is 19.5 Å². The van der Waals surface area contributed by atoms with Crippen molar-refractivity contribution in [1.82, 2.24) is 19.2 Å². The highest BCUT2D eigenvalue weighted by molar-refractivity contribution is 5.94. The Hall–Kier alpha value is -2.74. The number of carbonyl (C=O) groups is 2. The Kier molecular flexibility index (Phi) is 4.45. The molecule has 2 saturated heterocycles. The number of amides is 1. The van der Waals surface area contributed by atoms with Gasteiger partial charge in [0.2, 0.25) is 0 Å². The summed E-state index contributed by atoms with van der Waals surface area (Å²) >= 11 is 0. The molecule has 2 aromatic heterocycles. The fraction of sp³-hybridized carbons (Fsp3) is 0.500. The van der Waals surface area contributed by atoms with Crippen molar-refractivity contribution in [3.63, 3.8) is 0 Å². The van der Waals surface area contributed by atoms with Gasteiger partial charge in [-0.05, 0) is 51.9 Å². The molecule has 148 valence electrons. The third-order valence-corrected chi connectivity index (χ3v) is 6.39.